The predicted molar refractivity (Wildman–Crippen MR) is 74.2 cm³/mol. The predicted octanol–water partition coefficient (Wildman–Crippen LogP) is 3.91. The van der Waals surface area contributed by atoms with Crippen LogP contribution in [0.15, 0.2) is 11.6 Å². The second-order valence-electron chi connectivity index (χ2n) is 5.93. The minimum Gasteiger partial charge on any atom is -0.443 e. The average molecular weight is 292 g/mol. The molecule has 110 valence electrons. The number of carbonyl (C=O) groups is 2. The molecule has 0 fully saturated rings. The smallest absolute Gasteiger partial charge is 0.420 e. The molecular formula is C13H22ClNO4. The molecule has 0 aliphatic rings. The Labute approximate surface area is 119 Å². The molecule has 0 radical (unpaired) electrons. The summed E-state index contributed by atoms with van der Waals surface area (Å²) in [5, 5.41) is 0. The Morgan fingerprint density at radius 2 is 1.37 bits per heavy atom. The number of carbonyl (C=O) groups excluding carboxylic acids is 2. The highest BCUT2D eigenvalue weighted by Gasteiger charge is 2.30. The first-order chi connectivity index (χ1) is 8.46. The lowest BCUT2D eigenvalue weighted by Crippen LogP contribution is -2.43. The number of hydrogen-bond donors (Lipinski definition) is 0. The molecule has 0 spiro atoms. The molecule has 6 heteroatoms. The Morgan fingerprint density at radius 3 is 1.63 bits per heavy atom. The molecule has 0 aromatic rings. The highest BCUT2D eigenvalue weighted by molar-refractivity contribution is 6.25. The fourth-order valence-electron chi connectivity index (χ4n) is 1.00. The van der Waals surface area contributed by atoms with E-state index in [-0.39, 0.29) is 6.54 Å². The fraction of sp³-hybridized carbons (Fsp3) is 0.692. The van der Waals surface area contributed by atoms with E-state index in [4.69, 9.17) is 21.1 Å². The minimum atomic E-state index is -0.767. The Hall–Kier alpha value is -1.23. The van der Waals surface area contributed by atoms with Gasteiger partial charge in [0.05, 0.1) is 6.54 Å². The maximum absolute atomic E-state index is 11.9. The van der Waals surface area contributed by atoms with Gasteiger partial charge in [0.2, 0.25) is 0 Å². The maximum Gasteiger partial charge on any atom is 0.420 e. The molecule has 0 heterocycles. The number of halogens is 1. The SMILES string of the molecule is CC(C)(C)OC(=O)N(C/C=C/Cl)C(=O)OC(C)(C)C. The first-order valence-electron chi connectivity index (χ1n) is 5.95. The van der Waals surface area contributed by atoms with Crippen LogP contribution in [0.25, 0.3) is 0 Å². The van der Waals surface area contributed by atoms with E-state index in [2.05, 4.69) is 0 Å². The number of rotatable bonds is 2. The molecule has 0 aromatic heterocycles. The molecule has 0 aliphatic carbocycles. The van der Waals surface area contributed by atoms with E-state index in [0.29, 0.717) is 0 Å². The van der Waals surface area contributed by atoms with Crippen molar-refractivity contribution in [3.8, 4) is 0 Å². The van der Waals surface area contributed by atoms with E-state index >= 15 is 0 Å². The van der Waals surface area contributed by atoms with Gasteiger partial charge in [-0.3, -0.25) is 0 Å². The molecule has 0 aromatic carbocycles. The Kier molecular flexibility index (Phi) is 6.36. The fourth-order valence-corrected chi connectivity index (χ4v) is 1.08. The van der Waals surface area contributed by atoms with Crippen molar-refractivity contribution in [3.63, 3.8) is 0 Å². The third kappa shape index (κ3) is 8.48. The van der Waals surface area contributed by atoms with Gasteiger partial charge in [0.1, 0.15) is 11.2 Å². The summed E-state index contributed by atoms with van der Waals surface area (Å²) in [5.74, 6) is 0. The molecule has 0 aliphatic heterocycles. The van der Waals surface area contributed by atoms with E-state index in [1.807, 2.05) is 0 Å². The van der Waals surface area contributed by atoms with Crippen molar-refractivity contribution in [2.24, 2.45) is 0 Å². The van der Waals surface area contributed by atoms with Gasteiger partial charge in [-0.15, -0.1) is 0 Å². The second-order valence-corrected chi connectivity index (χ2v) is 6.18. The zero-order valence-corrected chi connectivity index (χ0v) is 13.1. The van der Waals surface area contributed by atoms with Crippen molar-refractivity contribution in [2.75, 3.05) is 6.54 Å². The van der Waals surface area contributed by atoms with Crippen molar-refractivity contribution >= 4 is 23.8 Å². The van der Waals surface area contributed by atoms with E-state index in [0.717, 1.165) is 4.90 Å². The van der Waals surface area contributed by atoms with E-state index < -0.39 is 23.4 Å². The molecule has 19 heavy (non-hydrogen) atoms. The molecule has 0 saturated carbocycles. The third-order valence-corrected chi connectivity index (χ3v) is 1.78. The highest BCUT2D eigenvalue weighted by atomic mass is 35.5. The first-order valence-corrected chi connectivity index (χ1v) is 6.38. The molecule has 5 nitrogen and oxygen atoms in total. The maximum atomic E-state index is 11.9. The molecule has 0 rings (SSSR count). The van der Waals surface area contributed by atoms with Gasteiger partial charge in [0, 0.05) is 5.54 Å². The summed E-state index contributed by atoms with van der Waals surface area (Å²) in [6.45, 7) is 10.3. The van der Waals surface area contributed by atoms with Crippen LogP contribution >= 0.6 is 11.6 Å². The topological polar surface area (TPSA) is 55.8 Å². The van der Waals surface area contributed by atoms with Crippen LogP contribution < -0.4 is 0 Å². The number of amides is 2. The van der Waals surface area contributed by atoms with Gasteiger partial charge in [0.15, 0.2) is 0 Å². The lowest BCUT2D eigenvalue weighted by atomic mass is 10.2. The first kappa shape index (κ1) is 17.8. The van der Waals surface area contributed by atoms with Crippen LogP contribution in [0.4, 0.5) is 9.59 Å². The van der Waals surface area contributed by atoms with Crippen molar-refractivity contribution in [1.29, 1.82) is 0 Å². The zero-order valence-electron chi connectivity index (χ0n) is 12.3. The van der Waals surface area contributed by atoms with Crippen molar-refractivity contribution < 1.29 is 19.1 Å². The standard InChI is InChI=1S/C13H22ClNO4/c1-12(2,3)18-10(16)15(9-7-8-14)11(17)19-13(4,5)6/h7-8H,9H2,1-6H3/b8-7+. The van der Waals surface area contributed by atoms with Gasteiger partial charge >= 0.3 is 12.2 Å². The van der Waals surface area contributed by atoms with Crippen LogP contribution in [0, 0.1) is 0 Å². The third-order valence-electron chi connectivity index (χ3n) is 1.60. The van der Waals surface area contributed by atoms with Gasteiger partial charge in [-0.2, -0.15) is 0 Å². The Bertz CT molecular complexity index is 325. The summed E-state index contributed by atoms with van der Waals surface area (Å²) in [5.41, 5.74) is -0.161. The lowest BCUT2D eigenvalue weighted by Gasteiger charge is -2.27. The van der Waals surface area contributed by atoms with Crippen molar-refractivity contribution in [3.05, 3.63) is 11.6 Å². The minimum absolute atomic E-state index is 0.00662. The van der Waals surface area contributed by atoms with Gasteiger partial charge < -0.3 is 9.47 Å². The second kappa shape index (κ2) is 6.80. The summed E-state index contributed by atoms with van der Waals surface area (Å²) in [6.07, 6.45) is -0.0805. The molecule has 0 bridgehead atoms. The Morgan fingerprint density at radius 1 is 1.00 bits per heavy atom. The van der Waals surface area contributed by atoms with Crippen LogP contribution in [0.5, 0.6) is 0 Å². The number of ether oxygens (including phenoxy) is 2. The highest BCUT2D eigenvalue weighted by Crippen LogP contribution is 2.14. The molecular weight excluding hydrogens is 270 g/mol. The number of nitrogens with zero attached hydrogens (tertiary/aromatic N) is 1. The molecule has 0 N–H and O–H groups in total. The van der Waals surface area contributed by atoms with Crippen LogP contribution in [-0.2, 0) is 9.47 Å². The lowest BCUT2D eigenvalue weighted by molar-refractivity contribution is 0.00375. The van der Waals surface area contributed by atoms with Crippen LogP contribution in [0.2, 0.25) is 0 Å². The summed E-state index contributed by atoms with van der Waals surface area (Å²) in [7, 11) is 0. The molecule has 0 saturated heterocycles. The molecule has 0 atom stereocenters. The van der Waals surface area contributed by atoms with Crippen molar-refractivity contribution in [2.45, 2.75) is 52.7 Å². The van der Waals surface area contributed by atoms with Crippen LogP contribution in [0.3, 0.4) is 0 Å². The van der Waals surface area contributed by atoms with Crippen molar-refractivity contribution in [1.82, 2.24) is 4.90 Å². The van der Waals surface area contributed by atoms with E-state index in [9.17, 15) is 9.59 Å². The summed E-state index contributed by atoms with van der Waals surface area (Å²) >= 11 is 5.41. The van der Waals surface area contributed by atoms with E-state index in [1.165, 1.54) is 11.6 Å². The summed E-state index contributed by atoms with van der Waals surface area (Å²) < 4.78 is 10.3. The molecule has 0 unspecified atom stereocenters. The largest absolute Gasteiger partial charge is 0.443 e. The van der Waals surface area contributed by atoms with E-state index in [1.54, 1.807) is 41.5 Å². The summed E-state index contributed by atoms with van der Waals surface area (Å²) in [4.78, 5) is 24.7. The van der Waals surface area contributed by atoms with Crippen LogP contribution in [-0.4, -0.2) is 34.8 Å². The summed E-state index contributed by atoms with van der Waals surface area (Å²) in [6, 6.07) is 0. The van der Waals surface area contributed by atoms with Gasteiger partial charge in [0.25, 0.3) is 0 Å². The van der Waals surface area contributed by atoms with Gasteiger partial charge in [-0.25, -0.2) is 14.5 Å². The van der Waals surface area contributed by atoms with Gasteiger partial charge in [-0.1, -0.05) is 17.7 Å². The number of imide groups is 1. The monoisotopic (exact) mass is 291 g/mol. The normalized spacial score (nSPS) is 12.4. The van der Waals surface area contributed by atoms with Gasteiger partial charge in [-0.05, 0) is 41.5 Å². The van der Waals surface area contributed by atoms with Crippen LogP contribution in [0.1, 0.15) is 41.5 Å². The quantitative estimate of drug-likeness (QED) is 0.774. The molecule has 2 amide bonds. The average Bonchev–Trinajstić information content (AvgIpc) is 2.12. The Balaban J connectivity index is 4.90. The number of hydrogen-bond acceptors (Lipinski definition) is 4. The zero-order chi connectivity index (χ0) is 15.3.